The van der Waals surface area contributed by atoms with Crippen molar-refractivity contribution >= 4 is 23.5 Å². The zero-order valence-corrected chi connectivity index (χ0v) is 10.8. The molecule has 0 saturated heterocycles. The lowest BCUT2D eigenvalue weighted by Crippen LogP contribution is -2.24. The van der Waals surface area contributed by atoms with Crippen molar-refractivity contribution in [2.75, 3.05) is 7.11 Å². The molecular formula is C12H13ClO6. The van der Waals surface area contributed by atoms with Crippen LogP contribution in [0.4, 0.5) is 0 Å². The fraction of sp³-hybridized carbons (Fsp3) is 0.333. The predicted octanol–water partition coefficient (Wildman–Crippen LogP) is 0.996. The Bertz CT molecular complexity index is 487. The van der Waals surface area contributed by atoms with E-state index in [0.29, 0.717) is 0 Å². The van der Waals surface area contributed by atoms with Crippen molar-refractivity contribution in [3.8, 4) is 0 Å². The van der Waals surface area contributed by atoms with Crippen LogP contribution in [0.1, 0.15) is 28.4 Å². The lowest BCUT2D eigenvalue weighted by molar-refractivity contribution is -0.144. The number of carboxylic acids is 1. The molecule has 0 amide bonds. The summed E-state index contributed by atoms with van der Waals surface area (Å²) >= 11 is 5.83. The summed E-state index contributed by atoms with van der Waals surface area (Å²) in [5, 5.41) is 28.6. The van der Waals surface area contributed by atoms with E-state index in [2.05, 4.69) is 4.74 Å². The highest BCUT2D eigenvalue weighted by Crippen LogP contribution is 2.30. The van der Waals surface area contributed by atoms with Gasteiger partial charge in [-0.25, -0.2) is 4.79 Å². The molecule has 0 heterocycles. The van der Waals surface area contributed by atoms with Gasteiger partial charge in [0.1, 0.15) is 6.10 Å². The Balaban J connectivity index is 3.08. The zero-order chi connectivity index (χ0) is 14.6. The summed E-state index contributed by atoms with van der Waals surface area (Å²) in [5.74, 6) is -2.02. The number of aliphatic hydroxyl groups excluding tert-OH is 2. The number of ether oxygens (including phenoxy) is 1. The molecule has 3 N–H and O–H groups in total. The molecule has 0 bridgehead atoms. The van der Waals surface area contributed by atoms with Gasteiger partial charge in [0.15, 0.2) is 0 Å². The van der Waals surface area contributed by atoms with Crippen LogP contribution in [0, 0.1) is 0 Å². The fourth-order valence-corrected chi connectivity index (χ4v) is 1.87. The van der Waals surface area contributed by atoms with Crippen LogP contribution in [0.25, 0.3) is 0 Å². The molecule has 2 unspecified atom stereocenters. The molecule has 0 saturated carbocycles. The lowest BCUT2D eigenvalue weighted by Gasteiger charge is -2.20. The molecule has 0 aromatic heterocycles. The molecule has 19 heavy (non-hydrogen) atoms. The Labute approximate surface area is 114 Å². The molecule has 1 aromatic carbocycles. The summed E-state index contributed by atoms with van der Waals surface area (Å²) in [6, 6.07) is 4.05. The third kappa shape index (κ3) is 3.66. The van der Waals surface area contributed by atoms with E-state index < -0.39 is 30.6 Å². The normalized spacial score (nSPS) is 13.7. The van der Waals surface area contributed by atoms with Gasteiger partial charge < -0.3 is 20.1 Å². The molecule has 7 heteroatoms. The molecule has 0 fully saturated rings. The van der Waals surface area contributed by atoms with Crippen molar-refractivity contribution < 1.29 is 29.6 Å². The molecule has 0 aliphatic carbocycles. The quantitative estimate of drug-likeness (QED) is 0.698. The summed E-state index contributed by atoms with van der Waals surface area (Å²) in [4.78, 5) is 22.1. The zero-order valence-electron chi connectivity index (χ0n) is 10.0. The molecule has 1 aromatic rings. The van der Waals surface area contributed by atoms with E-state index >= 15 is 0 Å². The molecule has 104 valence electrons. The highest BCUT2D eigenvalue weighted by Gasteiger charge is 2.27. The van der Waals surface area contributed by atoms with Gasteiger partial charge in [0.25, 0.3) is 0 Å². The maximum atomic E-state index is 11.0. The number of halogens is 1. The number of aromatic carboxylic acids is 1. The van der Waals surface area contributed by atoms with Crippen LogP contribution in [-0.2, 0) is 9.53 Å². The van der Waals surface area contributed by atoms with E-state index in [4.69, 9.17) is 16.7 Å². The van der Waals surface area contributed by atoms with Crippen molar-refractivity contribution in [3.63, 3.8) is 0 Å². The van der Waals surface area contributed by atoms with Crippen LogP contribution in [0.2, 0.25) is 5.02 Å². The van der Waals surface area contributed by atoms with Crippen LogP contribution < -0.4 is 0 Å². The molecule has 0 spiro atoms. The van der Waals surface area contributed by atoms with E-state index in [1.807, 2.05) is 0 Å². The Kier molecular flexibility index (Phi) is 5.29. The van der Waals surface area contributed by atoms with E-state index in [9.17, 15) is 19.8 Å². The molecule has 6 nitrogen and oxygen atoms in total. The van der Waals surface area contributed by atoms with Gasteiger partial charge in [-0.3, -0.25) is 4.79 Å². The van der Waals surface area contributed by atoms with Crippen molar-refractivity contribution in [1.82, 2.24) is 0 Å². The first kappa shape index (κ1) is 15.4. The highest BCUT2D eigenvalue weighted by molar-refractivity contribution is 6.31. The molecule has 0 aliphatic heterocycles. The Morgan fingerprint density at radius 2 is 2.00 bits per heavy atom. The number of hydrogen-bond donors (Lipinski definition) is 3. The third-order valence-electron chi connectivity index (χ3n) is 2.55. The summed E-state index contributed by atoms with van der Waals surface area (Å²) in [6.07, 6.45) is -3.58. The van der Waals surface area contributed by atoms with Gasteiger partial charge in [0, 0.05) is 10.6 Å². The first-order chi connectivity index (χ1) is 8.88. The van der Waals surface area contributed by atoms with Crippen LogP contribution in [0.3, 0.4) is 0 Å². The number of methoxy groups -OCH3 is 1. The minimum Gasteiger partial charge on any atom is -0.478 e. The minimum absolute atomic E-state index is 0.00341. The van der Waals surface area contributed by atoms with Gasteiger partial charge in [0.2, 0.25) is 0 Å². The Hall–Kier alpha value is -1.63. The monoisotopic (exact) mass is 288 g/mol. The van der Waals surface area contributed by atoms with Gasteiger partial charge in [-0.1, -0.05) is 17.7 Å². The average Bonchev–Trinajstić information content (AvgIpc) is 2.37. The number of benzene rings is 1. The number of hydrogen-bond acceptors (Lipinski definition) is 5. The topological polar surface area (TPSA) is 104 Å². The molecule has 0 aliphatic rings. The smallest absolute Gasteiger partial charge is 0.336 e. The molecule has 2 atom stereocenters. The van der Waals surface area contributed by atoms with Crippen LogP contribution in [0.5, 0.6) is 0 Å². The Morgan fingerprint density at radius 1 is 1.37 bits per heavy atom. The number of carbonyl (C=O) groups excluding carboxylic acids is 1. The second-order valence-corrected chi connectivity index (χ2v) is 4.21. The summed E-state index contributed by atoms with van der Waals surface area (Å²) < 4.78 is 4.36. The summed E-state index contributed by atoms with van der Waals surface area (Å²) in [7, 11) is 1.14. The van der Waals surface area contributed by atoms with Gasteiger partial charge in [-0.05, 0) is 12.1 Å². The van der Waals surface area contributed by atoms with Crippen molar-refractivity contribution in [1.29, 1.82) is 0 Å². The summed E-state index contributed by atoms with van der Waals surface area (Å²) in [6.45, 7) is 0. The first-order valence-electron chi connectivity index (χ1n) is 5.33. The largest absolute Gasteiger partial charge is 0.478 e. The van der Waals surface area contributed by atoms with Gasteiger partial charge >= 0.3 is 11.9 Å². The number of carboxylic acid groups (broad SMARTS) is 1. The van der Waals surface area contributed by atoms with E-state index in [0.717, 1.165) is 7.11 Å². The van der Waals surface area contributed by atoms with Crippen molar-refractivity contribution in [3.05, 3.63) is 34.3 Å². The number of rotatable bonds is 5. The molecular weight excluding hydrogens is 276 g/mol. The van der Waals surface area contributed by atoms with Crippen molar-refractivity contribution in [2.24, 2.45) is 0 Å². The van der Waals surface area contributed by atoms with E-state index in [1.165, 1.54) is 18.2 Å². The third-order valence-corrected chi connectivity index (χ3v) is 2.88. The van der Waals surface area contributed by atoms with E-state index in [1.54, 1.807) is 0 Å². The van der Waals surface area contributed by atoms with Gasteiger partial charge in [-0.2, -0.15) is 0 Å². The van der Waals surface area contributed by atoms with Crippen LogP contribution >= 0.6 is 11.6 Å². The SMILES string of the molecule is COC(=O)CC(O)C(O)c1c(Cl)cccc1C(=O)O. The molecule has 0 radical (unpaired) electrons. The first-order valence-corrected chi connectivity index (χ1v) is 5.71. The van der Waals surface area contributed by atoms with E-state index in [-0.39, 0.29) is 16.1 Å². The van der Waals surface area contributed by atoms with Gasteiger partial charge in [0.05, 0.1) is 25.2 Å². The maximum absolute atomic E-state index is 11.0. The fourth-order valence-electron chi connectivity index (χ4n) is 1.58. The standard InChI is InChI=1S/C12H13ClO6/c1-19-9(15)5-8(14)11(16)10-6(12(17)18)3-2-4-7(10)13/h2-4,8,11,14,16H,5H2,1H3,(H,17,18). The average molecular weight is 289 g/mol. The molecule has 1 rings (SSSR count). The van der Waals surface area contributed by atoms with Gasteiger partial charge in [-0.15, -0.1) is 0 Å². The van der Waals surface area contributed by atoms with Crippen LogP contribution in [0.15, 0.2) is 18.2 Å². The highest BCUT2D eigenvalue weighted by atomic mass is 35.5. The summed E-state index contributed by atoms with van der Waals surface area (Å²) in [5.41, 5.74) is -0.364. The predicted molar refractivity (Wildman–Crippen MR) is 66.0 cm³/mol. The second kappa shape index (κ2) is 6.51. The minimum atomic E-state index is -1.60. The maximum Gasteiger partial charge on any atom is 0.336 e. The second-order valence-electron chi connectivity index (χ2n) is 3.80. The number of carbonyl (C=O) groups is 2. The van der Waals surface area contributed by atoms with Crippen LogP contribution in [-0.4, -0.2) is 40.5 Å². The number of aliphatic hydroxyl groups is 2. The lowest BCUT2D eigenvalue weighted by atomic mass is 9.97. The Morgan fingerprint density at radius 3 is 2.53 bits per heavy atom. The van der Waals surface area contributed by atoms with Crippen molar-refractivity contribution in [2.45, 2.75) is 18.6 Å². The number of esters is 1.